The van der Waals surface area contributed by atoms with Crippen molar-refractivity contribution in [2.45, 2.75) is 27.3 Å². The Balaban J connectivity index is 2.31. The average Bonchev–Trinajstić information content (AvgIpc) is 2.61. The predicted molar refractivity (Wildman–Crippen MR) is 89.9 cm³/mol. The summed E-state index contributed by atoms with van der Waals surface area (Å²) in [5, 5.41) is 4.91. The van der Waals surface area contributed by atoms with Gasteiger partial charge in [-0.05, 0) is 26.8 Å². The second-order valence-corrected chi connectivity index (χ2v) is 5.16. The minimum Gasteiger partial charge on any atom is -0.451 e. The number of rotatable bonds is 6. The molecule has 0 atom stereocenters. The highest BCUT2D eigenvalue weighted by atomic mass is 16.5. The smallest absolute Gasteiger partial charge is 0.359 e. The number of likely N-dealkylation sites (N-methyl/N-ethyl adjacent to an activating group) is 1. The highest BCUT2D eigenvalue weighted by Crippen LogP contribution is 2.14. The monoisotopic (exact) mass is 331 g/mol. The molecule has 0 spiro atoms. The largest absolute Gasteiger partial charge is 0.451 e. The maximum Gasteiger partial charge on any atom is 0.359 e. The number of carbonyl (C=O) groups is 2. The summed E-state index contributed by atoms with van der Waals surface area (Å²) >= 11 is 0. The van der Waals surface area contributed by atoms with Crippen molar-refractivity contribution in [2.75, 3.05) is 19.7 Å². The Morgan fingerprint density at radius 3 is 2.33 bits per heavy atom. The van der Waals surface area contributed by atoms with E-state index in [1.165, 1.54) is 4.68 Å². The zero-order chi connectivity index (χ0) is 17.7. The summed E-state index contributed by atoms with van der Waals surface area (Å²) in [4.78, 5) is 38.2. The van der Waals surface area contributed by atoms with Gasteiger partial charge in [0, 0.05) is 25.0 Å². The van der Waals surface area contributed by atoms with Crippen LogP contribution in [0.2, 0.25) is 0 Å². The van der Waals surface area contributed by atoms with Gasteiger partial charge in [0.05, 0.1) is 5.39 Å². The molecule has 0 aliphatic carbocycles. The number of aromatic nitrogens is 2. The molecule has 0 bridgehead atoms. The average molecular weight is 331 g/mol. The number of esters is 1. The van der Waals surface area contributed by atoms with Crippen molar-refractivity contribution in [1.29, 1.82) is 0 Å². The first-order valence-corrected chi connectivity index (χ1v) is 7.98. The first-order valence-electron chi connectivity index (χ1n) is 7.98. The zero-order valence-electron chi connectivity index (χ0n) is 14.1. The van der Waals surface area contributed by atoms with Crippen molar-refractivity contribution < 1.29 is 14.3 Å². The van der Waals surface area contributed by atoms with Crippen LogP contribution in [0.4, 0.5) is 0 Å². The predicted octanol–water partition coefficient (Wildman–Crippen LogP) is 1.44. The summed E-state index contributed by atoms with van der Waals surface area (Å²) in [6, 6.07) is 6.73. The molecule has 128 valence electrons. The standard InChI is InChI=1S/C17H21N3O4/c1-4-19(5-2)14(21)11-24-17(23)15-12-9-7-8-10-13(12)16(22)20(6-3)18-15/h7-10H,4-6,11H2,1-3H3. The van der Waals surface area contributed by atoms with Gasteiger partial charge in [-0.1, -0.05) is 18.2 Å². The van der Waals surface area contributed by atoms with E-state index in [4.69, 9.17) is 4.74 Å². The molecule has 2 aromatic rings. The van der Waals surface area contributed by atoms with E-state index in [-0.39, 0.29) is 23.8 Å². The Morgan fingerprint density at radius 1 is 1.12 bits per heavy atom. The summed E-state index contributed by atoms with van der Waals surface area (Å²) in [6.07, 6.45) is 0. The highest BCUT2D eigenvalue weighted by Gasteiger charge is 2.19. The molecule has 1 amide bonds. The van der Waals surface area contributed by atoms with Crippen molar-refractivity contribution in [2.24, 2.45) is 0 Å². The van der Waals surface area contributed by atoms with Crippen LogP contribution < -0.4 is 5.56 Å². The van der Waals surface area contributed by atoms with Crippen LogP contribution in [-0.4, -0.2) is 46.3 Å². The molecule has 0 aliphatic rings. The van der Waals surface area contributed by atoms with Crippen molar-refractivity contribution in [3.8, 4) is 0 Å². The molecule has 1 heterocycles. The minimum absolute atomic E-state index is 0.0411. The SMILES string of the molecule is CCN(CC)C(=O)COC(=O)c1nn(CC)c(=O)c2ccccc12. The van der Waals surface area contributed by atoms with Gasteiger partial charge in [-0.25, -0.2) is 9.48 Å². The molecular formula is C17H21N3O4. The molecule has 1 aromatic heterocycles. The summed E-state index contributed by atoms with van der Waals surface area (Å²) in [5.74, 6) is -0.977. The lowest BCUT2D eigenvalue weighted by Crippen LogP contribution is -2.34. The Bertz CT molecular complexity index is 809. The van der Waals surface area contributed by atoms with Crippen LogP contribution in [0.5, 0.6) is 0 Å². The van der Waals surface area contributed by atoms with Gasteiger partial charge in [0.15, 0.2) is 12.3 Å². The van der Waals surface area contributed by atoms with Crippen molar-refractivity contribution >= 4 is 22.6 Å². The molecule has 2 rings (SSSR count). The molecule has 0 radical (unpaired) electrons. The Labute approximate surface area is 139 Å². The molecule has 1 aromatic carbocycles. The first kappa shape index (κ1) is 17.7. The summed E-state index contributed by atoms with van der Waals surface area (Å²) < 4.78 is 6.33. The Hall–Kier alpha value is -2.70. The van der Waals surface area contributed by atoms with Gasteiger partial charge in [0.1, 0.15) is 0 Å². The van der Waals surface area contributed by atoms with Gasteiger partial charge >= 0.3 is 5.97 Å². The number of benzene rings is 1. The molecule has 0 N–H and O–H groups in total. The van der Waals surface area contributed by atoms with Crippen LogP contribution in [0.3, 0.4) is 0 Å². The van der Waals surface area contributed by atoms with Gasteiger partial charge < -0.3 is 9.64 Å². The number of aryl methyl sites for hydroxylation is 1. The molecule has 24 heavy (non-hydrogen) atoms. The van der Waals surface area contributed by atoms with Gasteiger partial charge in [0.2, 0.25) is 0 Å². The Morgan fingerprint density at radius 2 is 1.75 bits per heavy atom. The molecular weight excluding hydrogens is 310 g/mol. The minimum atomic E-state index is -0.714. The van der Waals surface area contributed by atoms with E-state index in [2.05, 4.69) is 5.10 Å². The van der Waals surface area contributed by atoms with E-state index in [0.29, 0.717) is 30.4 Å². The van der Waals surface area contributed by atoms with Crippen LogP contribution in [0, 0.1) is 0 Å². The fraction of sp³-hybridized carbons (Fsp3) is 0.412. The third kappa shape index (κ3) is 3.45. The quantitative estimate of drug-likeness (QED) is 0.748. The number of hydrogen-bond donors (Lipinski definition) is 0. The molecule has 0 fully saturated rings. The van der Waals surface area contributed by atoms with Crippen LogP contribution in [-0.2, 0) is 16.1 Å². The van der Waals surface area contributed by atoms with Crippen LogP contribution in [0.1, 0.15) is 31.3 Å². The normalized spacial score (nSPS) is 10.6. The third-order valence-electron chi connectivity index (χ3n) is 3.80. The van der Waals surface area contributed by atoms with Crippen molar-refractivity contribution in [3.63, 3.8) is 0 Å². The molecule has 0 unspecified atom stereocenters. The lowest BCUT2D eigenvalue weighted by atomic mass is 10.1. The number of nitrogens with zero attached hydrogens (tertiary/aromatic N) is 3. The Kier molecular flexibility index (Phi) is 5.68. The third-order valence-corrected chi connectivity index (χ3v) is 3.80. The van der Waals surface area contributed by atoms with E-state index in [1.54, 1.807) is 36.1 Å². The van der Waals surface area contributed by atoms with Crippen molar-refractivity contribution in [1.82, 2.24) is 14.7 Å². The first-order chi connectivity index (χ1) is 11.5. The summed E-state index contributed by atoms with van der Waals surface area (Å²) in [6.45, 7) is 6.57. The zero-order valence-corrected chi connectivity index (χ0v) is 14.1. The van der Waals surface area contributed by atoms with Gasteiger partial charge in [-0.2, -0.15) is 5.10 Å². The second kappa shape index (κ2) is 7.72. The van der Waals surface area contributed by atoms with E-state index >= 15 is 0 Å². The van der Waals surface area contributed by atoms with E-state index in [1.807, 2.05) is 13.8 Å². The van der Waals surface area contributed by atoms with Crippen LogP contribution in [0.25, 0.3) is 10.8 Å². The number of carbonyl (C=O) groups excluding carboxylic acids is 2. The molecule has 0 saturated heterocycles. The number of fused-ring (bicyclic) bond motifs is 1. The molecule has 7 nitrogen and oxygen atoms in total. The van der Waals surface area contributed by atoms with Gasteiger partial charge in [-0.15, -0.1) is 0 Å². The van der Waals surface area contributed by atoms with Crippen LogP contribution in [0.15, 0.2) is 29.1 Å². The molecule has 0 saturated carbocycles. The van der Waals surface area contributed by atoms with E-state index < -0.39 is 5.97 Å². The maximum atomic E-state index is 12.4. The van der Waals surface area contributed by atoms with Gasteiger partial charge in [0.25, 0.3) is 11.5 Å². The highest BCUT2D eigenvalue weighted by molar-refractivity contribution is 6.02. The summed E-state index contributed by atoms with van der Waals surface area (Å²) in [7, 11) is 0. The molecule has 7 heteroatoms. The topological polar surface area (TPSA) is 81.5 Å². The van der Waals surface area contributed by atoms with E-state index in [0.717, 1.165) is 0 Å². The summed E-state index contributed by atoms with van der Waals surface area (Å²) in [5.41, 5.74) is -0.219. The number of ether oxygens (including phenoxy) is 1. The van der Waals surface area contributed by atoms with E-state index in [9.17, 15) is 14.4 Å². The maximum absolute atomic E-state index is 12.4. The lowest BCUT2D eigenvalue weighted by molar-refractivity contribution is -0.134. The number of amides is 1. The lowest BCUT2D eigenvalue weighted by Gasteiger charge is -2.18. The second-order valence-electron chi connectivity index (χ2n) is 5.16. The number of hydrogen-bond acceptors (Lipinski definition) is 5. The fourth-order valence-electron chi connectivity index (χ4n) is 2.46. The van der Waals surface area contributed by atoms with Crippen LogP contribution >= 0.6 is 0 Å². The fourth-order valence-corrected chi connectivity index (χ4v) is 2.46. The van der Waals surface area contributed by atoms with Crippen molar-refractivity contribution in [3.05, 3.63) is 40.3 Å². The molecule has 0 aliphatic heterocycles. The van der Waals surface area contributed by atoms with Gasteiger partial charge in [-0.3, -0.25) is 9.59 Å².